The maximum atomic E-state index is 13.1. The molecular formula is C17H25N3O2S. The van der Waals surface area contributed by atoms with E-state index in [1.807, 2.05) is 25.3 Å². The molecule has 6 heteroatoms. The zero-order valence-electron chi connectivity index (χ0n) is 13.7. The van der Waals surface area contributed by atoms with Crippen LogP contribution in [-0.4, -0.2) is 47.9 Å². The third-order valence-electron chi connectivity index (χ3n) is 4.87. The molecular weight excluding hydrogens is 310 g/mol. The van der Waals surface area contributed by atoms with Crippen LogP contribution in [0.5, 0.6) is 0 Å². The summed E-state index contributed by atoms with van der Waals surface area (Å²) in [4.78, 5) is 28.2. The summed E-state index contributed by atoms with van der Waals surface area (Å²) >= 11 is 1.40. The maximum Gasteiger partial charge on any atom is 0.262 e. The number of nitrogens with one attached hydrogen (secondary N) is 2. The standard InChI is InChI=1S/C17H25N3O2S/c1-11(2)15(19-16(21)14-4-3-9-23-14)17(22)20-12-5-6-13(20)10-18-8-7-12/h3-4,9,11-13,15,18H,5-8,10H2,1-2H3,(H,19,21). The van der Waals surface area contributed by atoms with Gasteiger partial charge in [0.05, 0.1) is 4.88 Å². The van der Waals surface area contributed by atoms with Gasteiger partial charge in [0, 0.05) is 18.6 Å². The Bertz CT molecular complexity index is 544. The lowest BCUT2D eigenvalue weighted by Crippen LogP contribution is -2.54. The molecule has 5 nitrogen and oxygen atoms in total. The summed E-state index contributed by atoms with van der Waals surface area (Å²) < 4.78 is 0. The Morgan fingerprint density at radius 1 is 1.30 bits per heavy atom. The molecule has 0 spiro atoms. The summed E-state index contributed by atoms with van der Waals surface area (Å²) in [5.41, 5.74) is 0. The quantitative estimate of drug-likeness (QED) is 0.883. The van der Waals surface area contributed by atoms with Gasteiger partial charge in [-0.2, -0.15) is 0 Å². The van der Waals surface area contributed by atoms with Gasteiger partial charge in [0.2, 0.25) is 5.91 Å². The summed E-state index contributed by atoms with van der Waals surface area (Å²) in [6.45, 7) is 5.83. The van der Waals surface area contributed by atoms with Crippen molar-refractivity contribution in [3.8, 4) is 0 Å². The molecule has 2 N–H and O–H groups in total. The number of rotatable bonds is 4. The first-order valence-corrected chi connectivity index (χ1v) is 9.33. The van der Waals surface area contributed by atoms with E-state index in [0.717, 1.165) is 32.4 Å². The minimum atomic E-state index is -0.453. The normalized spacial score (nSPS) is 25.3. The van der Waals surface area contributed by atoms with Crippen molar-refractivity contribution in [2.24, 2.45) is 5.92 Å². The second-order valence-corrected chi connectivity index (χ2v) is 7.74. The van der Waals surface area contributed by atoms with Crippen LogP contribution in [0.15, 0.2) is 17.5 Å². The van der Waals surface area contributed by atoms with E-state index in [-0.39, 0.29) is 23.8 Å². The van der Waals surface area contributed by atoms with Crippen molar-refractivity contribution in [3.05, 3.63) is 22.4 Å². The van der Waals surface area contributed by atoms with E-state index in [0.29, 0.717) is 10.9 Å². The Labute approximate surface area is 141 Å². The highest BCUT2D eigenvalue weighted by Gasteiger charge is 2.41. The molecule has 3 atom stereocenters. The van der Waals surface area contributed by atoms with E-state index < -0.39 is 6.04 Å². The first-order chi connectivity index (χ1) is 11.1. The molecule has 126 valence electrons. The summed E-state index contributed by atoms with van der Waals surface area (Å²) in [7, 11) is 0. The minimum Gasteiger partial charge on any atom is -0.339 e. The fraction of sp³-hybridized carbons (Fsp3) is 0.647. The topological polar surface area (TPSA) is 61.4 Å². The van der Waals surface area contributed by atoms with Gasteiger partial charge in [0.15, 0.2) is 0 Å². The summed E-state index contributed by atoms with van der Waals surface area (Å²) in [6, 6.07) is 3.79. The zero-order chi connectivity index (χ0) is 16.4. The molecule has 3 heterocycles. The Balaban J connectivity index is 1.75. The lowest BCUT2D eigenvalue weighted by Gasteiger charge is -2.33. The summed E-state index contributed by atoms with van der Waals surface area (Å²) in [5, 5.41) is 8.26. The minimum absolute atomic E-state index is 0.0713. The molecule has 0 saturated carbocycles. The Kier molecular flexibility index (Phi) is 5.02. The van der Waals surface area contributed by atoms with Crippen LogP contribution in [0.1, 0.15) is 42.8 Å². The van der Waals surface area contributed by atoms with E-state index in [1.54, 1.807) is 6.07 Å². The van der Waals surface area contributed by atoms with Gasteiger partial charge in [-0.3, -0.25) is 9.59 Å². The van der Waals surface area contributed by atoms with Gasteiger partial charge in [-0.25, -0.2) is 0 Å². The van der Waals surface area contributed by atoms with Gasteiger partial charge in [-0.15, -0.1) is 11.3 Å². The predicted octanol–water partition coefficient (Wildman–Crippen LogP) is 1.86. The molecule has 2 amide bonds. The van der Waals surface area contributed by atoms with Crippen LogP contribution in [-0.2, 0) is 4.79 Å². The predicted molar refractivity (Wildman–Crippen MR) is 91.6 cm³/mol. The van der Waals surface area contributed by atoms with Crippen LogP contribution in [0.3, 0.4) is 0 Å². The smallest absolute Gasteiger partial charge is 0.262 e. The molecule has 1 aromatic rings. The van der Waals surface area contributed by atoms with Crippen LogP contribution in [0.4, 0.5) is 0 Å². The van der Waals surface area contributed by atoms with Gasteiger partial charge in [-0.05, 0) is 43.2 Å². The molecule has 0 radical (unpaired) electrons. The second-order valence-electron chi connectivity index (χ2n) is 6.80. The van der Waals surface area contributed by atoms with Crippen LogP contribution in [0.25, 0.3) is 0 Å². The lowest BCUT2D eigenvalue weighted by atomic mass is 10.0. The van der Waals surface area contributed by atoms with Gasteiger partial charge < -0.3 is 15.5 Å². The average Bonchev–Trinajstić information content (AvgIpc) is 3.11. The highest BCUT2D eigenvalue weighted by molar-refractivity contribution is 7.12. The average molecular weight is 335 g/mol. The number of amides is 2. The summed E-state index contributed by atoms with van der Waals surface area (Å²) in [5.74, 6) is 0.00970. The largest absolute Gasteiger partial charge is 0.339 e. The number of thiophene rings is 1. The van der Waals surface area contributed by atoms with Crippen molar-refractivity contribution in [3.63, 3.8) is 0 Å². The van der Waals surface area contributed by atoms with Gasteiger partial charge in [0.25, 0.3) is 5.91 Å². The Hall–Kier alpha value is -1.40. The van der Waals surface area contributed by atoms with Crippen molar-refractivity contribution < 1.29 is 9.59 Å². The lowest BCUT2D eigenvalue weighted by molar-refractivity contribution is -0.137. The number of nitrogens with zero attached hydrogens (tertiary/aromatic N) is 1. The maximum absolute atomic E-state index is 13.1. The number of carbonyl (C=O) groups excluding carboxylic acids is 2. The van der Waals surface area contributed by atoms with Crippen molar-refractivity contribution in [2.45, 2.75) is 51.2 Å². The third-order valence-corrected chi connectivity index (χ3v) is 5.74. The van der Waals surface area contributed by atoms with Crippen LogP contribution >= 0.6 is 11.3 Å². The van der Waals surface area contributed by atoms with Crippen LogP contribution < -0.4 is 10.6 Å². The molecule has 3 rings (SSSR count). The first kappa shape index (κ1) is 16.5. The number of hydrogen-bond donors (Lipinski definition) is 2. The Morgan fingerprint density at radius 3 is 2.78 bits per heavy atom. The zero-order valence-corrected chi connectivity index (χ0v) is 14.6. The number of fused-ring (bicyclic) bond motifs is 2. The van der Waals surface area contributed by atoms with Crippen molar-refractivity contribution in [1.82, 2.24) is 15.5 Å². The number of carbonyl (C=O) groups is 2. The van der Waals surface area contributed by atoms with E-state index in [2.05, 4.69) is 15.5 Å². The van der Waals surface area contributed by atoms with Crippen molar-refractivity contribution in [2.75, 3.05) is 13.1 Å². The van der Waals surface area contributed by atoms with Gasteiger partial charge in [0.1, 0.15) is 6.04 Å². The molecule has 2 bridgehead atoms. The highest BCUT2D eigenvalue weighted by atomic mass is 32.1. The van der Waals surface area contributed by atoms with Crippen molar-refractivity contribution >= 4 is 23.2 Å². The fourth-order valence-electron chi connectivity index (χ4n) is 3.64. The fourth-order valence-corrected chi connectivity index (χ4v) is 4.26. The Morgan fingerprint density at radius 2 is 2.09 bits per heavy atom. The molecule has 0 aliphatic carbocycles. The molecule has 2 aliphatic heterocycles. The van der Waals surface area contributed by atoms with Gasteiger partial charge >= 0.3 is 0 Å². The first-order valence-electron chi connectivity index (χ1n) is 8.45. The summed E-state index contributed by atoms with van der Waals surface area (Å²) in [6.07, 6.45) is 3.15. The molecule has 3 unspecified atom stereocenters. The monoisotopic (exact) mass is 335 g/mol. The number of hydrogen-bond acceptors (Lipinski definition) is 4. The highest BCUT2D eigenvalue weighted by Crippen LogP contribution is 2.29. The van der Waals surface area contributed by atoms with Gasteiger partial charge in [-0.1, -0.05) is 19.9 Å². The van der Waals surface area contributed by atoms with Crippen LogP contribution in [0, 0.1) is 5.92 Å². The van der Waals surface area contributed by atoms with Crippen LogP contribution in [0.2, 0.25) is 0 Å². The molecule has 23 heavy (non-hydrogen) atoms. The molecule has 2 aliphatic rings. The molecule has 1 aromatic heterocycles. The SMILES string of the molecule is CC(C)C(NC(=O)c1cccs1)C(=O)N1C2CCNCC1CC2. The third kappa shape index (κ3) is 3.43. The molecule has 2 saturated heterocycles. The molecule has 2 fully saturated rings. The van der Waals surface area contributed by atoms with E-state index in [9.17, 15) is 9.59 Å². The van der Waals surface area contributed by atoms with E-state index >= 15 is 0 Å². The van der Waals surface area contributed by atoms with E-state index in [4.69, 9.17) is 0 Å². The van der Waals surface area contributed by atoms with E-state index in [1.165, 1.54) is 11.3 Å². The second kappa shape index (κ2) is 7.01. The molecule has 0 aromatic carbocycles. The van der Waals surface area contributed by atoms with Crippen molar-refractivity contribution in [1.29, 1.82) is 0 Å².